The van der Waals surface area contributed by atoms with Crippen molar-refractivity contribution in [2.75, 3.05) is 7.11 Å². The summed E-state index contributed by atoms with van der Waals surface area (Å²) < 4.78 is 4.39. The molecule has 0 aromatic heterocycles. The summed E-state index contributed by atoms with van der Waals surface area (Å²) in [7, 11) is 1.09. The summed E-state index contributed by atoms with van der Waals surface area (Å²) in [6.07, 6.45) is -0.543. The first-order valence-corrected chi connectivity index (χ1v) is 2.78. The van der Waals surface area contributed by atoms with E-state index in [1.165, 1.54) is 0 Å². The topological polar surface area (TPSA) is 116 Å². The van der Waals surface area contributed by atoms with Crippen molar-refractivity contribution in [1.29, 1.82) is 0 Å². The quantitative estimate of drug-likeness (QED) is 0.424. The van der Waals surface area contributed by atoms with Gasteiger partial charge in [0.15, 0.2) is 0 Å². The first-order chi connectivity index (χ1) is 4.92. The molecule has 0 spiro atoms. The van der Waals surface area contributed by atoms with Crippen LogP contribution in [0, 0.1) is 0 Å². The molecule has 6 nitrogen and oxygen atoms in total. The zero-order chi connectivity index (χ0) is 9.07. The summed E-state index contributed by atoms with van der Waals surface area (Å²) in [6, 6.07) is 0. The van der Waals surface area contributed by atoms with Crippen LogP contribution in [-0.4, -0.2) is 29.8 Å². The van der Waals surface area contributed by atoms with Crippen molar-refractivity contribution in [2.24, 2.45) is 11.5 Å². The van der Waals surface area contributed by atoms with Crippen molar-refractivity contribution < 1.29 is 19.4 Å². The minimum Gasteiger partial charge on any atom is -0.478 e. The number of hydrogen-bond acceptors (Lipinski definition) is 4. The van der Waals surface area contributed by atoms with E-state index in [9.17, 15) is 9.59 Å². The normalized spacial score (nSPS) is 15.5. The van der Waals surface area contributed by atoms with Crippen LogP contribution in [0.15, 0.2) is 0 Å². The van der Waals surface area contributed by atoms with E-state index >= 15 is 0 Å². The Kier molecular flexibility index (Phi) is 2.97. The molecule has 0 saturated heterocycles. The fraction of sp³-hybridized carbons (Fsp3) is 0.600. The van der Waals surface area contributed by atoms with Crippen LogP contribution in [0.1, 0.15) is 6.42 Å². The molecule has 0 aliphatic heterocycles. The van der Waals surface area contributed by atoms with Crippen LogP contribution in [0.25, 0.3) is 0 Å². The molecule has 6 heteroatoms. The van der Waals surface area contributed by atoms with Gasteiger partial charge in [-0.25, -0.2) is 4.79 Å². The van der Waals surface area contributed by atoms with Crippen LogP contribution in [0.3, 0.4) is 0 Å². The lowest BCUT2D eigenvalue weighted by Gasteiger charge is -2.20. The average molecular weight is 162 g/mol. The third-order valence-electron chi connectivity index (χ3n) is 1.16. The van der Waals surface area contributed by atoms with Crippen LogP contribution in [0.5, 0.6) is 0 Å². The Bertz CT molecular complexity index is 181. The predicted octanol–water partition coefficient (Wildman–Crippen LogP) is -1.75. The Balaban J connectivity index is 4.34. The second-order valence-corrected chi connectivity index (χ2v) is 2.04. The molecule has 64 valence electrons. The van der Waals surface area contributed by atoms with Gasteiger partial charge in [-0.15, -0.1) is 0 Å². The van der Waals surface area contributed by atoms with E-state index in [-0.39, 0.29) is 0 Å². The molecule has 0 rings (SSSR count). The number of nitrogens with two attached hydrogens (primary N) is 2. The lowest BCUT2D eigenvalue weighted by Crippen LogP contribution is -2.52. The SMILES string of the molecule is CO[C@](N)(CC(N)=O)C(=O)O. The number of aliphatic carboxylic acids is 1. The first kappa shape index (κ1) is 9.86. The van der Waals surface area contributed by atoms with E-state index < -0.39 is 24.0 Å². The van der Waals surface area contributed by atoms with Crippen molar-refractivity contribution in [3.05, 3.63) is 0 Å². The van der Waals surface area contributed by atoms with Crippen LogP contribution in [0.2, 0.25) is 0 Å². The van der Waals surface area contributed by atoms with E-state index in [1.807, 2.05) is 0 Å². The van der Waals surface area contributed by atoms with Gasteiger partial charge in [0.1, 0.15) is 0 Å². The van der Waals surface area contributed by atoms with Crippen LogP contribution in [-0.2, 0) is 14.3 Å². The van der Waals surface area contributed by atoms with Crippen molar-refractivity contribution in [3.8, 4) is 0 Å². The number of carbonyl (C=O) groups excluding carboxylic acids is 1. The highest BCUT2D eigenvalue weighted by Crippen LogP contribution is 2.06. The van der Waals surface area contributed by atoms with Gasteiger partial charge in [-0.3, -0.25) is 10.5 Å². The van der Waals surface area contributed by atoms with Gasteiger partial charge in [0.2, 0.25) is 11.6 Å². The van der Waals surface area contributed by atoms with Crippen molar-refractivity contribution in [3.63, 3.8) is 0 Å². The Labute approximate surface area is 63.1 Å². The van der Waals surface area contributed by atoms with E-state index in [4.69, 9.17) is 16.6 Å². The molecule has 0 aromatic carbocycles. The maximum Gasteiger partial charge on any atom is 0.351 e. The molecule has 0 heterocycles. The van der Waals surface area contributed by atoms with E-state index in [1.54, 1.807) is 0 Å². The summed E-state index contributed by atoms with van der Waals surface area (Å²) in [5.41, 5.74) is 7.85. The van der Waals surface area contributed by atoms with Crippen LogP contribution in [0.4, 0.5) is 0 Å². The number of amides is 1. The highest BCUT2D eigenvalue weighted by molar-refractivity contribution is 5.85. The minimum absolute atomic E-state index is 0.543. The van der Waals surface area contributed by atoms with E-state index in [0.717, 1.165) is 7.11 Å². The Morgan fingerprint density at radius 2 is 2.09 bits per heavy atom. The number of carboxylic acid groups (broad SMARTS) is 1. The van der Waals surface area contributed by atoms with Gasteiger partial charge < -0.3 is 15.6 Å². The Morgan fingerprint density at radius 1 is 1.64 bits per heavy atom. The molecule has 5 N–H and O–H groups in total. The third-order valence-corrected chi connectivity index (χ3v) is 1.16. The third kappa shape index (κ3) is 2.52. The fourth-order valence-electron chi connectivity index (χ4n) is 0.494. The summed E-state index contributed by atoms with van der Waals surface area (Å²) in [4.78, 5) is 20.6. The molecule has 0 radical (unpaired) electrons. The average Bonchev–Trinajstić information content (AvgIpc) is 1.86. The van der Waals surface area contributed by atoms with Gasteiger partial charge in [-0.2, -0.15) is 0 Å². The molecule has 0 aliphatic rings. The summed E-state index contributed by atoms with van der Waals surface area (Å²) in [5, 5.41) is 8.42. The number of methoxy groups -OCH3 is 1. The zero-order valence-electron chi connectivity index (χ0n) is 6.03. The Hall–Kier alpha value is -1.14. The van der Waals surface area contributed by atoms with E-state index in [0.29, 0.717) is 0 Å². The van der Waals surface area contributed by atoms with Crippen LogP contribution >= 0.6 is 0 Å². The molecule has 0 fully saturated rings. The van der Waals surface area contributed by atoms with Gasteiger partial charge >= 0.3 is 5.97 Å². The molecule has 0 aliphatic carbocycles. The van der Waals surface area contributed by atoms with Crippen LogP contribution < -0.4 is 11.5 Å². The predicted molar refractivity (Wildman–Crippen MR) is 35.4 cm³/mol. The zero-order valence-corrected chi connectivity index (χ0v) is 6.03. The summed E-state index contributed by atoms with van der Waals surface area (Å²) >= 11 is 0. The van der Waals surface area contributed by atoms with Crippen molar-refractivity contribution in [1.82, 2.24) is 0 Å². The first-order valence-electron chi connectivity index (χ1n) is 2.78. The number of hydrogen-bond donors (Lipinski definition) is 3. The standard InChI is InChI=1S/C5H10N2O4/c1-11-5(7,4(9)10)2-3(6)8/h2,7H2,1H3,(H2,6,8)(H,9,10)/t5-/m1/s1. The summed E-state index contributed by atoms with van der Waals surface area (Å²) in [5.74, 6) is -2.24. The van der Waals surface area contributed by atoms with Gasteiger partial charge in [0.05, 0.1) is 6.42 Å². The molecule has 0 bridgehead atoms. The molecule has 0 unspecified atom stereocenters. The number of rotatable bonds is 4. The monoisotopic (exact) mass is 162 g/mol. The van der Waals surface area contributed by atoms with Gasteiger partial charge in [-0.1, -0.05) is 0 Å². The lowest BCUT2D eigenvalue weighted by molar-refractivity contribution is -0.164. The van der Waals surface area contributed by atoms with Crippen molar-refractivity contribution >= 4 is 11.9 Å². The number of primary amides is 1. The molecule has 1 amide bonds. The second kappa shape index (κ2) is 3.31. The lowest BCUT2D eigenvalue weighted by atomic mass is 10.1. The molecule has 1 atom stereocenters. The molecule has 0 saturated carbocycles. The van der Waals surface area contributed by atoms with Crippen molar-refractivity contribution in [2.45, 2.75) is 12.1 Å². The molecule has 0 aromatic rings. The molecular formula is C5H10N2O4. The maximum atomic E-state index is 10.3. The van der Waals surface area contributed by atoms with Gasteiger partial charge in [0, 0.05) is 7.11 Å². The highest BCUT2D eigenvalue weighted by atomic mass is 16.5. The van der Waals surface area contributed by atoms with Gasteiger partial charge in [-0.05, 0) is 0 Å². The molecule has 11 heavy (non-hydrogen) atoms. The second-order valence-electron chi connectivity index (χ2n) is 2.04. The van der Waals surface area contributed by atoms with E-state index in [2.05, 4.69) is 4.74 Å². The summed E-state index contributed by atoms with van der Waals surface area (Å²) in [6.45, 7) is 0. The highest BCUT2D eigenvalue weighted by Gasteiger charge is 2.35. The molecular weight excluding hydrogens is 152 g/mol. The number of ether oxygens (including phenoxy) is 1. The number of carboxylic acids is 1. The number of carbonyl (C=O) groups is 2. The Morgan fingerprint density at radius 3 is 2.18 bits per heavy atom. The van der Waals surface area contributed by atoms with Gasteiger partial charge in [0.25, 0.3) is 0 Å². The minimum atomic E-state index is -1.99. The largest absolute Gasteiger partial charge is 0.478 e. The fourth-order valence-corrected chi connectivity index (χ4v) is 0.494. The maximum absolute atomic E-state index is 10.3. The smallest absolute Gasteiger partial charge is 0.351 e.